The maximum Gasteiger partial charge on any atom is 0.272 e. The fourth-order valence-electron chi connectivity index (χ4n) is 4.36. The van der Waals surface area contributed by atoms with E-state index in [0.29, 0.717) is 12.3 Å². The maximum atomic E-state index is 12.5. The number of likely N-dealkylation sites (tertiary alicyclic amines) is 1. The molecule has 0 spiro atoms. The minimum atomic E-state index is -0.146. The van der Waals surface area contributed by atoms with E-state index in [1.807, 2.05) is 31.2 Å². The number of para-hydroxylation sites is 1. The van der Waals surface area contributed by atoms with Crippen molar-refractivity contribution in [2.45, 2.75) is 45.3 Å². The van der Waals surface area contributed by atoms with E-state index in [9.17, 15) is 4.79 Å². The Morgan fingerprint density at radius 3 is 2.41 bits per heavy atom. The molecule has 2 heterocycles. The van der Waals surface area contributed by atoms with Gasteiger partial charge in [0, 0.05) is 37.3 Å². The van der Waals surface area contributed by atoms with Crippen molar-refractivity contribution in [3.63, 3.8) is 0 Å². The zero-order valence-corrected chi connectivity index (χ0v) is 20.6. The number of hydrogen-bond acceptors (Lipinski definition) is 5. The van der Waals surface area contributed by atoms with Gasteiger partial charge in [-0.25, -0.2) is 9.97 Å². The van der Waals surface area contributed by atoms with Crippen molar-refractivity contribution in [2.75, 3.05) is 27.2 Å². The summed E-state index contributed by atoms with van der Waals surface area (Å²) in [5.74, 6) is 1.64. The fourth-order valence-corrected chi connectivity index (χ4v) is 4.36. The van der Waals surface area contributed by atoms with Crippen molar-refractivity contribution in [1.29, 1.82) is 0 Å². The number of amides is 1. The lowest BCUT2D eigenvalue weighted by Gasteiger charge is -2.38. The molecule has 0 radical (unpaired) electrons. The van der Waals surface area contributed by atoms with Gasteiger partial charge in [-0.05, 0) is 50.6 Å². The molecule has 1 aromatic heterocycles. The van der Waals surface area contributed by atoms with Crippen molar-refractivity contribution in [3.05, 3.63) is 89.0 Å². The third-order valence-electron chi connectivity index (χ3n) is 6.58. The van der Waals surface area contributed by atoms with Gasteiger partial charge in [0.25, 0.3) is 5.91 Å². The van der Waals surface area contributed by atoms with Crippen LogP contribution in [0.25, 0.3) is 0 Å². The molecule has 1 aliphatic heterocycles. The quantitative estimate of drug-likeness (QED) is 0.517. The lowest BCUT2D eigenvalue weighted by molar-refractivity contribution is 0.0820. The van der Waals surface area contributed by atoms with E-state index < -0.39 is 0 Å². The monoisotopic (exact) mass is 458 g/mol. The molecule has 1 saturated heterocycles. The molecular formula is C28H34N4O2. The maximum absolute atomic E-state index is 12.5. The number of benzene rings is 2. The molecule has 0 saturated carbocycles. The van der Waals surface area contributed by atoms with Crippen LogP contribution in [0.2, 0.25) is 0 Å². The topological polar surface area (TPSA) is 58.6 Å². The third-order valence-corrected chi connectivity index (χ3v) is 6.58. The van der Waals surface area contributed by atoms with Crippen LogP contribution in [0.1, 0.15) is 52.9 Å². The van der Waals surface area contributed by atoms with E-state index in [1.165, 1.54) is 5.56 Å². The number of ether oxygens (including phenoxy) is 1. The van der Waals surface area contributed by atoms with Gasteiger partial charge in [-0.2, -0.15) is 0 Å². The molecule has 178 valence electrons. The van der Waals surface area contributed by atoms with Crippen molar-refractivity contribution >= 4 is 5.91 Å². The van der Waals surface area contributed by atoms with Crippen molar-refractivity contribution in [3.8, 4) is 5.75 Å². The number of piperidine rings is 1. The van der Waals surface area contributed by atoms with E-state index in [1.54, 1.807) is 25.1 Å². The van der Waals surface area contributed by atoms with Crippen LogP contribution >= 0.6 is 0 Å². The normalized spacial score (nSPS) is 15.6. The first-order chi connectivity index (χ1) is 16.3. The molecule has 1 fully saturated rings. The van der Waals surface area contributed by atoms with E-state index in [-0.39, 0.29) is 11.3 Å². The van der Waals surface area contributed by atoms with Crippen LogP contribution in [0.4, 0.5) is 0 Å². The summed E-state index contributed by atoms with van der Waals surface area (Å²) in [6, 6.07) is 20.3. The van der Waals surface area contributed by atoms with E-state index >= 15 is 0 Å². The number of hydrogen-bond donors (Lipinski definition) is 0. The average Bonchev–Trinajstić information content (AvgIpc) is 2.84. The fraction of sp³-hybridized carbons (Fsp3) is 0.393. The second-order valence-electron chi connectivity index (χ2n) is 9.64. The summed E-state index contributed by atoms with van der Waals surface area (Å²) >= 11 is 0. The van der Waals surface area contributed by atoms with Crippen LogP contribution in [0.15, 0.2) is 60.7 Å². The second-order valence-corrected chi connectivity index (χ2v) is 9.64. The largest absolute Gasteiger partial charge is 0.489 e. The molecule has 0 unspecified atom stereocenters. The van der Waals surface area contributed by atoms with Gasteiger partial charge in [0.2, 0.25) is 0 Å². The summed E-state index contributed by atoms with van der Waals surface area (Å²) in [5, 5.41) is 0. The summed E-state index contributed by atoms with van der Waals surface area (Å²) in [6.45, 7) is 7.45. The van der Waals surface area contributed by atoms with E-state index in [0.717, 1.165) is 55.3 Å². The predicted molar refractivity (Wildman–Crippen MR) is 134 cm³/mol. The Balaban J connectivity index is 1.41. The van der Waals surface area contributed by atoms with Crippen LogP contribution in [0.3, 0.4) is 0 Å². The summed E-state index contributed by atoms with van der Waals surface area (Å²) in [5.41, 5.74) is 3.53. The number of aryl methyl sites for hydroxylation is 1. The highest BCUT2D eigenvalue weighted by atomic mass is 16.5. The van der Waals surface area contributed by atoms with E-state index in [4.69, 9.17) is 9.72 Å². The smallest absolute Gasteiger partial charge is 0.272 e. The Kier molecular flexibility index (Phi) is 7.27. The SMILES string of the molecule is Cc1cc(C(=O)N(C)C)nc(C2(C)CCN(Cc3ccccc3OCc3ccccc3)CC2)n1. The zero-order valence-electron chi connectivity index (χ0n) is 20.6. The van der Waals surface area contributed by atoms with Gasteiger partial charge < -0.3 is 9.64 Å². The summed E-state index contributed by atoms with van der Waals surface area (Å²) in [4.78, 5) is 25.9. The first-order valence-corrected chi connectivity index (χ1v) is 11.9. The molecule has 0 atom stereocenters. The van der Waals surface area contributed by atoms with Gasteiger partial charge in [-0.3, -0.25) is 9.69 Å². The Morgan fingerprint density at radius 1 is 1.03 bits per heavy atom. The van der Waals surface area contributed by atoms with Gasteiger partial charge in [-0.1, -0.05) is 55.5 Å². The van der Waals surface area contributed by atoms with E-state index in [2.05, 4.69) is 47.1 Å². The molecular weight excluding hydrogens is 424 g/mol. The Morgan fingerprint density at radius 2 is 1.71 bits per heavy atom. The number of aromatic nitrogens is 2. The number of rotatable bonds is 7. The molecule has 0 N–H and O–H groups in total. The van der Waals surface area contributed by atoms with Gasteiger partial charge in [-0.15, -0.1) is 0 Å². The molecule has 0 aliphatic carbocycles. The molecule has 4 rings (SSSR count). The highest BCUT2D eigenvalue weighted by Crippen LogP contribution is 2.34. The minimum Gasteiger partial charge on any atom is -0.489 e. The van der Waals surface area contributed by atoms with Gasteiger partial charge >= 0.3 is 0 Å². The molecule has 6 heteroatoms. The molecule has 1 amide bonds. The van der Waals surface area contributed by atoms with Crippen LogP contribution in [-0.4, -0.2) is 52.9 Å². The Hall–Kier alpha value is -3.25. The lowest BCUT2D eigenvalue weighted by Crippen LogP contribution is -2.42. The average molecular weight is 459 g/mol. The molecule has 6 nitrogen and oxygen atoms in total. The molecule has 1 aliphatic rings. The second kappa shape index (κ2) is 10.3. The van der Waals surface area contributed by atoms with Crippen molar-refractivity contribution in [1.82, 2.24) is 19.8 Å². The van der Waals surface area contributed by atoms with Gasteiger partial charge in [0.15, 0.2) is 0 Å². The molecule has 3 aromatic rings. The van der Waals surface area contributed by atoms with Gasteiger partial charge in [0.05, 0.1) is 0 Å². The minimum absolute atomic E-state index is 0.0834. The highest BCUT2D eigenvalue weighted by molar-refractivity contribution is 5.92. The molecule has 34 heavy (non-hydrogen) atoms. The summed E-state index contributed by atoms with van der Waals surface area (Å²) < 4.78 is 6.16. The van der Waals surface area contributed by atoms with Crippen LogP contribution in [0, 0.1) is 6.92 Å². The predicted octanol–water partition coefficient (Wildman–Crippen LogP) is 4.62. The zero-order chi connectivity index (χ0) is 24.1. The molecule has 2 aromatic carbocycles. The van der Waals surface area contributed by atoms with Gasteiger partial charge in [0.1, 0.15) is 23.9 Å². The van der Waals surface area contributed by atoms with Crippen molar-refractivity contribution in [2.24, 2.45) is 0 Å². The lowest BCUT2D eigenvalue weighted by atomic mass is 9.79. The number of carbonyl (C=O) groups is 1. The van der Waals surface area contributed by atoms with Crippen molar-refractivity contribution < 1.29 is 9.53 Å². The van der Waals surface area contributed by atoms with Crippen LogP contribution in [-0.2, 0) is 18.6 Å². The number of nitrogens with zero attached hydrogens (tertiary/aromatic N) is 4. The van der Waals surface area contributed by atoms with Crippen LogP contribution in [0.5, 0.6) is 5.75 Å². The Bertz CT molecular complexity index is 1120. The highest BCUT2D eigenvalue weighted by Gasteiger charge is 2.35. The first-order valence-electron chi connectivity index (χ1n) is 11.9. The van der Waals surface area contributed by atoms with Crippen LogP contribution < -0.4 is 4.74 Å². The standard InChI is InChI=1S/C28H34N4O2/c1-21-18-24(26(33)31(3)4)30-27(29-21)28(2)14-16-32(17-15-28)19-23-12-8-9-13-25(23)34-20-22-10-6-5-7-11-22/h5-13,18H,14-17,19-20H2,1-4H3. The molecule has 0 bridgehead atoms. The third kappa shape index (κ3) is 5.62. The number of carbonyl (C=O) groups excluding carboxylic acids is 1. The Labute approximate surface area is 202 Å². The summed E-state index contributed by atoms with van der Waals surface area (Å²) in [7, 11) is 3.50. The summed E-state index contributed by atoms with van der Waals surface area (Å²) in [6.07, 6.45) is 1.89. The first kappa shape index (κ1) is 23.9.